The molecule has 1 amide bonds. The molecule has 0 aliphatic heterocycles. The highest BCUT2D eigenvalue weighted by Gasteiger charge is 2.13. The summed E-state index contributed by atoms with van der Waals surface area (Å²) in [6.07, 6.45) is 0. The maximum atomic E-state index is 12.3. The number of thiazole rings is 1. The third-order valence-corrected chi connectivity index (χ3v) is 4.61. The third kappa shape index (κ3) is 4.10. The van der Waals surface area contributed by atoms with Gasteiger partial charge in [0.15, 0.2) is 5.13 Å². The van der Waals surface area contributed by atoms with E-state index in [-0.39, 0.29) is 5.91 Å². The fraction of sp³-hybridized carbons (Fsp3) is 0.118. The monoisotopic (exact) mass is 394 g/mol. The highest BCUT2D eigenvalue weighted by atomic mass is 35.5. The van der Waals surface area contributed by atoms with Gasteiger partial charge in [0.1, 0.15) is 0 Å². The second kappa shape index (κ2) is 7.39. The van der Waals surface area contributed by atoms with Gasteiger partial charge in [-0.1, -0.05) is 34.5 Å². The number of benzene rings is 2. The number of rotatable bonds is 4. The molecule has 128 valence electrons. The Balaban J connectivity index is 1.84. The van der Waals surface area contributed by atoms with Crippen LogP contribution in [-0.4, -0.2) is 23.5 Å². The lowest BCUT2D eigenvalue weighted by molar-refractivity contribution is 0.0526. The number of carbonyl (C=O) groups excluding carboxylic acids is 2. The van der Waals surface area contributed by atoms with Crippen molar-refractivity contribution in [3.05, 3.63) is 57.6 Å². The molecule has 3 aromatic rings. The number of fused-ring (bicyclic) bond motifs is 1. The number of hydrogen-bond donors (Lipinski definition) is 1. The summed E-state index contributed by atoms with van der Waals surface area (Å²) in [6.45, 7) is 2.06. The lowest BCUT2D eigenvalue weighted by Gasteiger charge is -2.02. The predicted molar refractivity (Wildman–Crippen MR) is 100.0 cm³/mol. The van der Waals surface area contributed by atoms with E-state index < -0.39 is 5.97 Å². The van der Waals surface area contributed by atoms with E-state index in [4.69, 9.17) is 27.9 Å². The van der Waals surface area contributed by atoms with Crippen LogP contribution < -0.4 is 5.32 Å². The summed E-state index contributed by atoms with van der Waals surface area (Å²) < 4.78 is 5.75. The van der Waals surface area contributed by atoms with E-state index >= 15 is 0 Å². The van der Waals surface area contributed by atoms with Crippen LogP contribution in [0.4, 0.5) is 5.13 Å². The Kier molecular flexibility index (Phi) is 5.22. The number of carbonyl (C=O) groups is 2. The molecular formula is C17H12Cl2N2O3S. The lowest BCUT2D eigenvalue weighted by Crippen LogP contribution is -2.11. The Morgan fingerprint density at radius 2 is 1.84 bits per heavy atom. The van der Waals surface area contributed by atoms with Crippen molar-refractivity contribution in [2.45, 2.75) is 6.92 Å². The van der Waals surface area contributed by atoms with Gasteiger partial charge in [0, 0.05) is 15.6 Å². The van der Waals surface area contributed by atoms with Crippen molar-refractivity contribution < 1.29 is 14.3 Å². The highest BCUT2D eigenvalue weighted by Crippen LogP contribution is 2.28. The molecule has 0 saturated heterocycles. The quantitative estimate of drug-likeness (QED) is 0.629. The van der Waals surface area contributed by atoms with Crippen LogP contribution in [0.15, 0.2) is 36.4 Å². The van der Waals surface area contributed by atoms with Gasteiger partial charge in [0.2, 0.25) is 0 Å². The van der Waals surface area contributed by atoms with E-state index in [0.717, 1.165) is 4.70 Å². The standard InChI is InChI=1S/C17H12Cl2N2O3S/c1-2-24-16(23)9-3-4-13-14(7-9)25-17(20-13)21-15(22)10-5-11(18)8-12(19)6-10/h3-8H,2H2,1H3,(H,20,21,22). The zero-order valence-electron chi connectivity index (χ0n) is 13.0. The molecule has 0 atom stereocenters. The van der Waals surface area contributed by atoms with Crippen molar-refractivity contribution in [1.29, 1.82) is 0 Å². The Labute approximate surface area is 157 Å². The molecule has 8 heteroatoms. The molecule has 0 bridgehead atoms. The zero-order chi connectivity index (χ0) is 18.0. The number of hydrogen-bond acceptors (Lipinski definition) is 5. The van der Waals surface area contributed by atoms with Gasteiger partial charge in [0.05, 0.1) is 22.4 Å². The lowest BCUT2D eigenvalue weighted by atomic mass is 10.2. The van der Waals surface area contributed by atoms with E-state index in [9.17, 15) is 9.59 Å². The zero-order valence-corrected chi connectivity index (χ0v) is 15.3. The molecule has 0 spiro atoms. The molecule has 1 N–H and O–H groups in total. The van der Waals surface area contributed by atoms with Crippen molar-refractivity contribution in [3.8, 4) is 0 Å². The molecule has 25 heavy (non-hydrogen) atoms. The van der Waals surface area contributed by atoms with Crippen LogP contribution in [0.1, 0.15) is 27.6 Å². The van der Waals surface area contributed by atoms with Crippen LogP contribution in [0.3, 0.4) is 0 Å². The van der Waals surface area contributed by atoms with Crippen molar-refractivity contribution in [1.82, 2.24) is 4.98 Å². The minimum Gasteiger partial charge on any atom is -0.462 e. The Morgan fingerprint density at radius 1 is 1.12 bits per heavy atom. The summed E-state index contributed by atoms with van der Waals surface area (Å²) >= 11 is 13.1. The first-order chi connectivity index (χ1) is 12.0. The first kappa shape index (κ1) is 17.7. The minimum absolute atomic E-state index is 0.309. The van der Waals surface area contributed by atoms with Crippen LogP contribution >= 0.6 is 34.5 Å². The molecule has 0 saturated carbocycles. The summed E-state index contributed by atoms with van der Waals surface area (Å²) in [5, 5.41) is 3.88. The second-order valence-corrected chi connectivity index (χ2v) is 6.94. The molecule has 1 aromatic heterocycles. The van der Waals surface area contributed by atoms with Crippen LogP contribution in [0.25, 0.3) is 10.2 Å². The molecule has 0 unspecified atom stereocenters. The summed E-state index contributed by atoms with van der Waals surface area (Å²) in [5.74, 6) is -0.758. The molecule has 5 nitrogen and oxygen atoms in total. The number of nitrogens with zero attached hydrogens (tertiary/aromatic N) is 1. The van der Waals surface area contributed by atoms with Gasteiger partial charge >= 0.3 is 5.97 Å². The first-order valence-corrected chi connectivity index (χ1v) is 8.88. The maximum Gasteiger partial charge on any atom is 0.338 e. The third-order valence-electron chi connectivity index (χ3n) is 3.24. The van der Waals surface area contributed by atoms with Gasteiger partial charge < -0.3 is 4.74 Å². The molecule has 0 aliphatic carbocycles. The van der Waals surface area contributed by atoms with E-state index in [1.165, 1.54) is 23.5 Å². The fourth-order valence-electron chi connectivity index (χ4n) is 2.17. The van der Waals surface area contributed by atoms with Crippen LogP contribution in [0, 0.1) is 0 Å². The largest absolute Gasteiger partial charge is 0.462 e. The molecule has 0 aliphatic rings. The van der Waals surface area contributed by atoms with Crippen molar-refractivity contribution >= 4 is 61.8 Å². The molecule has 2 aromatic carbocycles. The van der Waals surface area contributed by atoms with Crippen LogP contribution in [0.2, 0.25) is 10.0 Å². The van der Waals surface area contributed by atoms with Crippen molar-refractivity contribution in [2.24, 2.45) is 0 Å². The highest BCUT2D eigenvalue weighted by molar-refractivity contribution is 7.22. The predicted octanol–water partition coefficient (Wildman–Crippen LogP) is 5.03. The minimum atomic E-state index is -0.392. The van der Waals surface area contributed by atoms with Gasteiger partial charge in [-0.05, 0) is 43.3 Å². The Bertz CT molecular complexity index is 951. The summed E-state index contributed by atoms with van der Waals surface area (Å²) in [5.41, 5.74) is 1.46. The first-order valence-electron chi connectivity index (χ1n) is 7.31. The van der Waals surface area contributed by atoms with Gasteiger partial charge in [-0.3, -0.25) is 10.1 Å². The van der Waals surface area contributed by atoms with E-state index in [1.54, 1.807) is 31.2 Å². The number of halogens is 2. The fourth-order valence-corrected chi connectivity index (χ4v) is 3.60. The summed E-state index contributed by atoms with van der Waals surface area (Å²) in [4.78, 5) is 28.4. The number of esters is 1. The van der Waals surface area contributed by atoms with Crippen LogP contribution in [0.5, 0.6) is 0 Å². The van der Waals surface area contributed by atoms with Gasteiger partial charge in [-0.2, -0.15) is 0 Å². The summed E-state index contributed by atoms with van der Waals surface area (Å²) in [6, 6.07) is 9.64. The molecule has 0 radical (unpaired) electrons. The number of amides is 1. The normalized spacial score (nSPS) is 10.7. The van der Waals surface area contributed by atoms with Gasteiger partial charge in [-0.15, -0.1) is 0 Å². The number of aromatic nitrogens is 1. The van der Waals surface area contributed by atoms with Crippen LogP contribution in [-0.2, 0) is 4.74 Å². The Morgan fingerprint density at radius 3 is 2.52 bits per heavy atom. The summed E-state index contributed by atoms with van der Waals surface area (Å²) in [7, 11) is 0. The molecular weight excluding hydrogens is 383 g/mol. The van der Waals surface area contributed by atoms with Gasteiger partial charge in [-0.25, -0.2) is 9.78 Å². The number of ether oxygens (including phenoxy) is 1. The number of nitrogens with one attached hydrogen (secondary N) is 1. The maximum absolute atomic E-state index is 12.3. The SMILES string of the molecule is CCOC(=O)c1ccc2nc(NC(=O)c3cc(Cl)cc(Cl)c3)sc2c1. The molecule has 1 heterocycles. The number of anilines is 1. The van der Waals surface area contributed by atoms with E-state index in [1.807, 2.05) is 0 Å². The van der Waals surface area contributed by atoms with Crippen molar-refractivity contribution in [2.75, 3.05) is 11.9 Å². The van der Waals surface area contributed by atoms with E-state index in [0.29, 0.717) is 38.4 Å². The average Bonchev–Trinajstić information content (AvgIpc) is 2.95. The topological polar surface area (TPSA) is 68.3 Å². The average molecular weight is 395 g/mol. The molecule has 0 fully saturated rings. The van der Waals surface area contributed by atoms with Crippen molar-refractivity contribution in [3.63, 3.8) is 0 Å². The smallest absolute Gasteiger partial charge is 0.338 e. The molecule has 3 rings (SSSR count). The van der Waals surface area contributed by atoms with Gasteiger partial charge in [0.25, 0.3) is 5.91 Å². The second-order valence-electron chi connectivity index (χ2n) is 5.03. The Hall–Kier alpha value is -2.15. The van der Waals surface area contributed by atoms with E-state index in [2.05, 4.69) is 10.3 Å².